The minimum atomic E-state index is -0.428. The van der Waals surface area contributed by atoms with Gasteiger partial charge in [0.05, 0.1) is 17.7 Å². The van der Waals surface area contributed by atoms with Gasteiger partial charge in [-0.1, -0.05) is 0 Å². The van der Waals surface area contributed by atoms with Crippen molar-refractivity contribution in [1.82, 2.24) is 5.32 Å². The van der Waals surface area contributed by atoms with E-state index in [0.29, 0.717) is 28.9 Å². The molecule has 0 aliphatic heterocycles. The molecule has 0 amide bonds. The van der Waals surface area contributed by atoms with E-state index < -0.39 is 5.66 Å². The third-order valence-corrected chi connectivity index (χ3v) is 4.06. The lowest BCUT2D eigenvalue weighted by molar-refractivity contribution is 0.296. The van der Waals surface area contributed by atoms with Crippen molar-refractivity contribution in [1.29, 1.82) is 0 Å². The number of phenols is 2. The van der Waals surface area contributed by atoms with Gasteiger partial charge in [-0.25, -0.2) is 0 Å². The van der Waals surface area contributed by atoms with E-state index in [9.17, 15) is 15.0 Å². The highest BCUT2D eigenvalue weighted by Gasteiger charge is 2.11. The van der Waals surface area contributed by atoms with Crippen LogP contribution in [0.3, 0.4) is 0 Å². The zero-order valence-corrected chi connectivity index (χ0v) is 15.9. The van der Waals surface area contributed by atoms with E-state index >= 15 is 0 Å². The Balaban J connectivity index is 1.80. The van der Waals surface area contributed by atoms with Crippen molar-refractivity contribution >= 4 is 11.0 Å². The molecule has 1 heterocycles. The molecule has 0 spiro atoms. The topological polar surface area (TPSA) is 118 Å². The quantitative estimate of drug-likeness (QED) is 0.365. The summed E-state index contributed by atoms with van der Waals surface area (Å²) >= 11 is 0. The molecule has 0 atom stereocenters. The molecule has 148 valence electrons. The number of hydrogen-bond acceptors (Lipinski definition) is 7. The molecule has 7 nitrogen and oxygen atoms in total. The predicted molar refractivity (Wildman–Crippen MR) is 108 cm³/mol. The average Bonchev–Trinajstić information content (AvgIpc) is 2.59. The number of hydrogen-bond donors (Lipinski definition) is 4. The molecule has 3 aromatic rings. The van der Waals surface area contributed by atoms with Crippen LogP contribution in [-0.4, -0.2) is 29.0 Å². The number of ether oxygens (including phenoxy) is 1. The Kier molecular flexibility index (Phi) is 5.58. The molecule has 0 aliphatic carbocycles. The normalized spacial score (nSPS) is 11.7. The van der Waals surface area contributed by atoms with Crippen molar-refractivity contribution in [2.45, 2.75) is 25.9 Å². The van der Waals surface area contributed by atoms with Crippen LogP contribution in [0.2, 0.25) is 0 Å². The van der Waals surface area contributed by atoms with E-state index in [-0.39, 0.29) is 22.7 Å². The van der Waals surface area contributed by atoms with E-state index in [1.807, 2.05) is 13.8 Å². The number of rotatable bonds is 7. The van der Waals surface area contributed by atoms with Gasteiger partial charge in [-0.2, -0.15) is 0 Å². The van der Waals surface area contributed by atoms with Crippen molar-refractivity contribution in [2.75, 3.05) is 13.2 Å². The molecular formula is C21H24N2O5. The van der Waals surface area contributed by atoms with Crippen molar-refractivity contribution in [3.8, 4) is 28.6 Å². The molecule has 1 aromatic heterocycles. The number of nitrogens with two attached hydrogens (primary N) is 1. The second kappa shape index (κ2) is 7.92. The van der Waals surface area contributed by atoms with Crippen LogP contribution in [-0.2, 0) is 0 Å². The zero-order valence-electron chi connectivity index (χ0n) is 15.9. The van der Waals surface area contributed by atoms with Gasteiger partial charge in [-0.3, -0.25) is 10.1 Å². The van der Waals surface area contributed by atoms with Crippen molar-refractivity contribution in [2.24, 2.45) is 5.73 Å². The Hall–Kier alpha value is -3.03. The second-order valence-corrected chi connectivity index (χ2v) is 7.22. The Morgan fingerprint density at radius 2 is 1.82 bits per heavy atom. The summed E-state index contributed by atoms with van der Waals surface area (Å²) in [6.45, 7) is 4.99. The van der Waals surface area contributed by atoms with Crippen LogP contribution in [0.15, 0.2) is 51.7 Å². The van der Waals surface area contributed by atoms with Gasteiger partial charge < -0.3 is 25.1 Å². The van der Waals surface area contributed by atoms with Crippen LogP contribution in [0.1, 0.15) is 20.3 Å². The summed E-state index contributed by atoms with van der Waals surface area (Å²) in [5, 5.41) is 22.9. The first-order valence-corrected chi connectivity index (χ1v) is 8.99. The molecule has 0 aliphatic rings. The zero-order chi connectivity index (χ0) is 20.3. The Bertz CT molecular complexity index is 1020. The molecule has 28 heavy (non-hydrogen) atoms. The van der Waals surface area contributed by atoms with Crippen LogP contribution < -0.4 is 21.2 Å². The number of aromatic hydroxyl groups is 2. The summed E-state index contributed by atoms with van der Waals surface area (Å²) in [6, 6.07) is 10.4. The first-order chi connectivity index (χ1) is 13.2. The van der Waals surface area contributed by atoms with Crippen LogP contribution in [0.4, 0.5) is 0 Å². The van der Waals surface area contributed by atoms with Gasteiger partial charge in [0, 0.05) is 30.3 Å². The summed E-state index contributed by atoms with van der Waals surface area (Å²) in [6.07, 6.45) is 0.769. The summed E-state index contributed by atoms with van der Waals surface area (Å²) < 4.78 is 11.6. The number of benzene rings is 2. The van der Waals surface area contributed by atoms with Crippen molar-refractivity contribution in [3.63, 3.8) is 0 Å². The number of nitrogens with one attached hydrogen (secondary N) is 1. The lowest BCUT2D eigenvalue weighted by Gasteiger charge is -2.20. The fourth-order valence-corrected chi connectivity index (χ4v) is 2.78. The van der Waals surface area contributed by atoms with E-state index in [1.54, 1.807) is 18.2 Å². The van der Waals surface area contributed by atoms with Gasteiger partial charge >= 0.3 is 0 Å². The van der Waals surface area contributed by atoms with Crippen LogP contribution in [0.25, 0.3) is 22.3 Å². The van der Waals surface area contributed by atoms with Crippen LogP contribution in [0, 0.1) is 0 Å². The largest absolute Gasteiger partial charge is 0.508 e. The fourth-order valence-electron chi connectivity index (χ4n) is 2.78. The smallest absolute Gasteiger partial charge is 0.193 e. The van der Waals surface area contributed by atoms with Gasteiger partial charge in [0.25, 0.3) is 0 Å². The highest BCUT2D eigenvalue weighted by Crippen LogP contribution is 2.30. The maximum Gasteiger partial charge on any atom is 0.193 e. The van der Waals surface area contributed by atoms with Crippen molar-refractivity contribution in [3.05, 3.63) is 52.7 Å². The Morgan fingerprint density at radius 1 is 1.11 bits per heavy atom. The molecular weight excluding hydrogens is 360 g/mol. The summed E-state index contributed by atoms with van der Waals surface area (Å²) in [7, 11) is 0. The van der Waals surface area contributed by atoms with Gasteiger partial charge in [-0.05, 0) is 44.5 Å². The lowest BCUT2D eigenvalue weighted by atomic mass is 10.1. The fraction of sp³-hybridized carbons (Fsp3) is 0.286. The minimum Gasteiger partial charge on any atom is -0.508 e. The maximum atomic E-state index is 12.4. The molecule has 0 fully saturated rings. The van der Waals surface area contributed by atoms with E-state index in [0.717, 1.165) is 13.0 Å². The molecule has 0 bridgehead atoms. The molecule has 7 heteroatoms. The van der Waals surface area contributed by atoms with Gasteiger partial charge in [0.2, 0.25) is 0 Å². The lowest BCUT2D eigenvalue weighted by Crippen LogP contribution is -2.48. The molecule has 0 saturated heterocycles. The van der Waals surface area contributed by atoms with Gasteiger partial charge in [0.1, 0.15) is 28.6 Å². The van der Waals surface area contributed by atoms with E-state index in [2.05, 4.69) is 5.32 Å². The summed E-state index contributed by atoms with van der Waals surface area (Å²) in [5.41, 5.74) is 5.98. The highest BCUT2D eigenvalue weighted by atomic mass is 16.5. The molecule has 0 radical (unpaired) electrons. The van der Waals surface area contributed by atoms with Crippen molar-refractivity contribution < 1.29 is 19.4 Å². The van der Waals surface area contributed by atoms with E-state index in [4.69, 9.17) is 14.9 Å². The van der Waals surface area contributed by atoms with Crippen LogP contribution >= 0.6 is 0 Å². The minimum absolute atomic E-state index is 0.121. The number of fused-ring (bicyclic) bond motifs is 1. The third-order valence-electron chi connectivity index (χ3n) is 4.06. The van der Waals surface area contributed by atoms with Gasteiger partial charge in [-0.15, -0.1) is 0 Å². The SMILES string of the molecule is CC(C)(N)NCCCOc1ccc2c(=O)cc(-c3cc(O)cc(O)c3)oc2c1. The maximum absolute atomic E-state index is 12.4. The average molecular weight is 384 g/mol. The van der Waals surface area contributed by atoms with Crippen LogP contribution in [0.5, 0.6) is 17.2 Å². The van der Waals surface area contributed by atoms with E-state index in [1.165, 1.54) is 24.3 Å². The molecule has 5 N–H and O–H groups in total. The predicted octanol–water partition coefficient (Wildman–Crippen LogP) is 2.92. The monoisotopic (exact) mass is 384 g/mol. The Morgan fingerprint density at radius 3 is 2.50 bits per heavy atom. The Labute approximate surface area is 162 Å². The number of phenolic OH excluding ortho intramolecular Hbond substituents is 2. The highest BCUT2D eigenvalue weighted by molar-refractivity contribution is 5.80. The van der Waals surface area contributed by atoms with Gasteiger partial charge in [0.15, 0.2) is 5.43 Å². The first kappa shape index (κ1) is 19.7. The molecule has 3 rings (SSSR count). The molecule has 2 aromatic carbocycles. The second-order valence-electron chi connectivity index (χ2n) is 7.22. The molecule has 0 saturated carbocycles. The standard InChI is InChI=1S/C21H24N2O5/c1-21(2,22)23-6-3-7-27-16-4-5-17-18(26)12-19(28-20(17)11-16)13-8-14(24)10-15(25)9-13/h4-5,8-12,23-25H,3,6-7,22H2,1-2H3. The summed E-state index contributed by atoms with van der Waals surface area (Å²) in [4.78, 5) is 12.4. The molecule has 0 unspecified atom stereocenters. The third kappa shape index (κ3) is 5.03. The first-order valence-electron chi connectivity index (χ1n) is 8.99. The summed E-state index contributed by atoms with van der Waals surface area (Å²) in [5.74, 6) is 0.585.